The van der Waals surface area contributed by atoms with E-state index in [-0.39, 0.29) is 11.4 Å². The van der Waals surface area contributed by atoms with Crippen LogP contribution in [0.3, 0.4) is 0 Å². The fourth-order valence-corrected chi connectivity index (χ4v) is 5.16. The van der Waals surface area contributed by atoms with Gasteiger partial charge in [-0.1, -0.05) is 38.7 Å². The Bertz CT molecular complexity index is 572. The van der Waals surface area contributed by atoms with Crippen molar-refractivity contribution in [1.82, 2.24) is 0 Å². The third-order valence-electron chi connectivity index (χ3n) is 6.61. The highest BCUT2D eigenvalue weighted by atomic mass is 19.1. The summed E-state index contributed by atoms with van der Waals surface area (Å²) in [6.07, 6.45) is 13.5. The van der Waals surface area contributed by atoms with Gasteiger partial charge in [-0.2, -0.15) is 5.26 Å². The molecule has 0 aliphatic heterocycles. The van der Waals surface area contributed by atoms with Crippen molar-refractivity contribution >= 4 is 0 Å². The molecule has 0 heterocycles. The van der Waals surface area contributed by atoms with Crippen molar-refractivity contribution < 1.29 is 4.39 Å². The molecule has 0 unspecified atom stereocenters. The van der Waals surface area contributed by atoms with Crippen LogP contribution in [0.2, 0.25) is 0 Å². The Morgan fingerprint density at radius 3 is 2.17 bits per heavy atom. The molecule has 24 heavy (non-hydrogen) atoms. The number of nitriles is 1. The Morgan fingerprint density at radius 2 is 1.62 bits per heavy atom. The lowest BCUT2D eigenvalue weighted by atomic mass is 9.68. The largest absolute Gasteiger partial charge is 0.206 e. The smallest absolute Gasteiger partial charge is 0.141 e. The summed E-state index contributed by atoms with van der Waals surface area (Å²) < 4.78 is 13.8. The van der Waals surface area contributed by atoms with Crippen molar-refractivity contribution in [3.63, 3.8) is 0 Å². The van der Waals surface area contributed by atoms with E-state index in [2.05, 4.69) is 6.92 Å². The lowest BCUT2D eigenvalue weighted by molar-refractivity contribution is 0.156. The summed E-state index contributed by atoms with van der Waals surface area (Å²) in [6.45, 7) is 2.30. The van der Waals surface area contributed by atoms with Crippen molar-refractivity contribution in [2.45, 2.75) is 77.0 Å². The second-order valence-corrected chi connectivity index (χ2v) is 8.03. The first kappa shape index (κ1) is 17.5. The Balaban J connectivity index is 1.51. The molecule has 0 atom stereocenters. The summed E-state index contributed by atoms with van der Waals surface area (Å²) in [5.74, 6) is 2.96. The monoisotopic (exact) mass is 327 g/mol. The third-order valence-corrected chi connectivity index (χ3v) is 6.61. The molecule has 2 fully saturated rings. The minimum Gasteiger partial charge on any atom is -0.206 e. The van der Waals surface area contributed by atoms with Gasteiger partial charge in [-0.3, -0.25) is 0 Å². The van der Waals surface area contributed by atoms with Gasteiger partial charge < -0.3 is 0 Å². The predicted molar refractivity (Wildman–Crippen MR) is 96.2 cm³/mol. The molecular formula is C22H30FN. The van der Waals surface area contributed by atoms with E-state index in [0.717, 1.165) is 23.3 Å². The quantitative estimate of drug-likeness (QED) is 0.613. The van der Waals surface area contributed by atoms with Gasteiger partial charge in [0.15, 0.2) is 0 Å². The van der Waals surface area contributed by atoms with Crippen LogP contribution in [0.1, 0.15) is 88.2 Å². The van der Waals surface area contributed by atoms with Crippen LogP contribution in [0, 0.1) is 34.9 Å². The summed E-state index contributed by atoms with van der Waals surface area (Å²) in [6, 6.07) is 7.12. The van der Waals surface area contributed by atoms with Crippen LogP contribution in [-0.4, -0.2) is 0 Å². The molecule has 3 rings (SSSR count). The van der Waals surface area contributed by atoms with Gasteiger partial charge >= 0.3 is 0 Å². The zero-order chi connectivity index (χ0) is 16.9. The summed E-state index contributed by atoms with van der Waals surface area (Å²) in [5, 5.41) is 8.86. The Hall–Kier alpha value is -1.36. The van der Waals surface area contributed by atoms with Gasteiger partial charge in [0.25, 0.3) is 0 Å². The lowest BCUT2D eigenvalue weighted by Crippen LogP contribution is -2.25. The number of rotatable bonds is 4. The van der Waals surface area contributed by atoms with E-state index in [1.165, 1.54) is 64.2 Å². The fourth-order valence-electron chi connectivity index (χ4n) is 5.16. The Kier molecular flexibility index (Phi) is 5.93. The molecule has 0 saturated heterocycles. The first-order valence-electron chi connectivity index (χ1n) is 9.90. The highest BCUT2D eigenvalue weighted by molar-refractivity contribution is 5.34. The van der Waals surface area contributed by atoms with E-state index in [4.69, 9.17) is 5.26 Å². The van der Waals surface area contributed by atoms with Crippen LogP contribution in [0.4, 0.5) is 4.39 Å². The van der Waals surface area contributed by atoms with E-state index in [1.807, 2.05) is 12.1 Å². The van der Waals surface area contributed by atoms with Gasteiger partial charge in [-0.15, -0.1) is 0 Å². The zero-order valence-corrected chi connectivity index (χ0v) is 14.9. The van der Waals surface area contributed by atoms with E-state index in [9.17, 15) is 4.39 Å². The summed E-state index contributed by atoms with van der Waals surface area (Å²) >= 11 is 0. The topological polar surface area (TPSA) is 23.8 Å². The molecule has 0 N–H and O–H groups in total. The van der Waals surface area contributed by atoms with Crippen LogP contribution in [0.25, 0.3) is 0 Å². The number of hydrogen-bond acceptors (Lipinski definition) is 1. The number of benzene rings is 1. The van der Waals surface area contributed by atoms with E-state index in [1.54, 1.807) is 12.1 Å². The molecular weight excluding hydrogens is 297 g/mol. The molecule has 0 radical (unpaired) electrons. The molecule has 0 bridgehead atoms. The minimum absolute atomic E-state index is 0.163. The maximum atomic E-state index is 13.8. The molecule has 2 saturated carbocycles. The van der Waals surface area contributed by atoms with Crippen molar-refractivity contribution in [1.29, 1.82) is 5.26 Å². The van der Waals surface area contributed by atoms with Gasteiger partial charge in [-0.05, 0) is 79.9 Å². The Labute approximate surface area is 146 Å². The molecule has 0 amide bonds. The molecule has 1 aromatic rings. The average molecular weight is 327 g/mol. The van der Waals surface area contributed by atoms with Crippen LogP contribution in [-0.2, 0) is 0 Å². The second kappa shape index (κ2) is 8.15. The average Bonchev–Trinajstić information content (AvgIpc) is 2.63. The van der Waals surface area contributed by atoms with Crippen molar-refractivity contribution in [2.24, 2.45) is 17.8 Å². The van der Waals surface area contributed by atoms with Crippen LogP contribution >= 0.6 is 0 Å². The molecule has 0 spiro atoms. The van der Waals surface area contributed by atoms with Gasteiger partial charge in [0, 0.05) is 0 Å². The Morgan fingerprint density at radius 1 is 1.00 bits per heavy atom. The van der Waals surface area contributed by atoms with Crippen molar-refractivity contribution in [3.05, 3.63) is 35.1 Å². The molecule has 1 aromatic carbocycles. The molecule has 0 aromatic heterocycles. The maximum Gasteiger partial charge on any atom is 0.141 e. The van der Waals surface area contributed by atoms with E-state index >= 15 is 0 Å². The number of hydrogen-bond donors (Lipinski definition) is 0. The second-order valence-electron chi connectivity index (χ2n) is 8.03. The van der Waals surface area contributed by atoms with E-state index < -0.39 is 0 Å². The minimum atomic E-state index is -0.355. The normalized spacial score (nSPS) is 30.7. The van der Waals surface area contributed by atoms with Crippen LogP contribution in [0.5, 0.6) is 0 Å². The van der Waals surface area contributed by atoms with Gasteiger partial charge in [-0.25, -0.2) is 4.39 Å². The standard InChI is InChI=1S/C22H30FN/c1-2-3-16-4-6-17(7-5-16)18-8-10-19(11-9-18)20-12-13-21(15-24)22(23)14-20/h12-14,16-19H,2-11H2,1H3/t16-,17-,18?,19?. The SMILES string of the molecule is CCC[C@H]1CC[C@H](C2CCC(c3ccc(C#N)c(F)c3)CC2)CC1. The first-order valence-corrected chi connectivity index (χ1v) is 9.90. The number of halogens is 1. The summed E-state index contributed by atoms with van der Waals surface area (Å²) in [4.78, 5) is 0. The van der Waals surface area contributed by atoms with Crippen molar-refractivity contribution in [2.75, 3.05) is 0 Å². The van der Waals surface area contributed by atoms with Gasteiger partial charge in [0.2, 0.25) is 0 Å². The molecule has 2 aliphatic carbocycles. The lowest BCUT2D eigenvalue weighted by Gasteiger charge is -2.38. The number of nitrogens with zero attached hydrogens (tertiary/aromatic N) is 1. The molecule has 1 nitrogen and oxygen atoms in total. The molecule has 2 aliphatic rings. The zero-order valence-electron chi connectivity index (χ0n) is 14.9. The highest BCUT2D eigenvalue weighted by Gasteiger charge is 2.31. The molecule has 130 valence electrons. The van der Waals surface area contributed by atoms with E-state index in [0.29, 0.717) is 5.92 Å². The fraction of sp³-hybridized carbons (Fsp3) is 0.682. The predicted octanol–water partition coefficient (Wildman–Crippen LogP) is 6.58. The van der Waals surface area contributed by atoms with Crippen molar-refractivity contribution in [3.8, 4) is 6.07 Å². The van der Waals surface area contributed by atoms with Gasteiger partial charge in [0.1, 0.15) is 11.9 Å². The van der Waals surface area contributed by atoms with Crippen LogP contribution < -0.4 is 0 Å². The third kappa shape index (κ3) is 4.00. The first-order chi connectivity index (χ1) is 11.7. The summed E-state index contributed by atoms with van der Waals surface area (Å²) in [5.41, 5.74) is 1.26. The van der Waals surface area contributed by atoms with Crippen LogP contribution in [0.15, 0.2) is 18.2 Å². The molecule has 2 heteroatoms. The maximum absolute atomic E-state index is 13.8. The van der Waals surface area contributed by atoms with Gasteiger partial charge in [0.05, 0.1) is 5.56 Å². The highest BCUT2D eigenvalue weighted by Crippen LogP contribution is 2.44. The summed E-state index contributed by atoms with van der Waals surface area (Å²) in [7, 11) is 0.